The Morgan fingerprint density at radius 2 is 1.79 bits per heavy atom. The number of hydrogen-bond donors (Lipinski definition) is 0. The lowest BCUT2D eigenvalue weighted by atomic mass is 10.0. The molecule has 0 aliphatic carbocycles. The van der Waals surface area contributed by atoms with E-state index in [1.165, 1.54) is 6.20 Å². The number of benzene rings is 1. The maximum Gasteiger partial charge on any atom is 0.171 e. The molecule has 1 aromatic carbocycles. The van der Waals surface area contributed by atoms with Crippen molar-refractivity contribution >= 4 is 22.9 Å². The number of nitrogens with zero attached hydrogens (tertiary/aromatic N) is 2. The Kier molecular flexibility index (Phi) is 3.69. The summed E-state index contributed by atoms with van der Waals surface area (Å²) in [6.07, 6.45) is 3.39. The number of ether oxygens (including phenoxy) is 2. The van der Waals surface area contributed by atoms with Crippen molar-refractivity contribution in [2.75, 3.05) is 31.2 Å². The average Bonchev–Trinajstić information content (AvgIpc) is 3.04. The summed E-state index contributed by atoms with van der Waals surface area (Å²) in [6.45, 7) is 2.36. The summed E-state index contributed by atoms with van der Waals surface area (Å²) in [4.78, 5) is 17.5. The second-order valence-electron chi connectivity index (χ2n) is 6.06. The second kappa shape index (κ2) is 5.75. The number of carbonyl (C=O) groups is 1. The van der Waals surface area contributed by atoms with Crippen molar-refractivity contribution in [1.82, 2.24) is 4.98 Å². The smallest absolute Gasteiger partial charge is 0.171 e. The fourth-order valence-electron chi connectivity index (χ4n) is 3.48. The Morgan fingerprint density at radius 3 is 2.46 bits per heavy atom. The van der Waals surface area contributed by atoms with E-state index in [-0.39, 0.29) is 0 Å². The zero-order valence-electron chi connectivity index (χ0n) is 12.9. The molecule has 5 nitrogen and oxygen atoms in total. The first kappa shape index (κ1) is 15.4. The van der Waals surface area contributed by atoms with Gasteiger partial charge in [0.05, 0.1) is 30.0 Å². The highest BCUT2D eigenvalue weighted by Gasteiger charge is 2.40. The van der Waals surface area contributed by atoms with Crippen LogP contribution in [0, 0.1) is 11.6 Å². The molecule has 2 aliphatic rings. The Labute approximate surface area is 137 Å². The second-order valence-corrected chi connectivity index (χ2v) is 6.06. The number of fused-ring (bicyclic) bond motifs is 1. The lowest BCUT2D eigenvalue weighted by Gasteiger charge is -2.39. The first-order chi connectivity index (χ1) is 11.6. The van der Waals surface area contributed by atoms with Crippen LogP contribution in [0.3, 0.4) is 0 Å². The molecule has 2 aromatic rings. The Bertz CT molecular complexity index is 796. The minimum absolute atomic E-state index is 0.322. The van der Waals surface area contributed by atoms with Crippen LogP contribution in [0.4, 0.5) is 14.5 Å². The zero-order valence-corrected chi connectivity index (χ0v) is 12.9. The van der Waals surface area contributed by atoms with Gasteiger partial charge in [-0.25, -0.2) is 8.78 Å². The first-order valence-electron chi connectivity index (χ1n) is 7.88. The van der Waals surface area contributed by atoms with Crippen molar-refractivity contribution in [3.05, 3.63) is 35.5 Å². The van der Waals surface area contributed by atoms with Crippen molar-refractivity contribution in [3.8, 4) is 0 Å². The Morgan fingerprint density at radius 1 is 1.12 bits per heavy atom. The summed E-state index contributed by atoms with van der Waals surface area (Å²) in [5.74, 6) is -2.45. The van der Waals surface area contributed by atoms with Gasteiger partial charge in [0.1, 0.15) is 0 Å². The average molecular weight is 334 g/mol. The highest BCUT2D eigenvalue weighted by molar-refractivity contribution is 6.00. The van der Waals surface area contributed by atoms with Crippen LogP contribution >= 0.6 is 0 Å². The van der Waals surface area contributed by atoms with Crippen molar-refractivity contribution in [2.45, 2.75) is 18.6 Å². The van der Waals surface area contributed by atoms with Gasteiger partial charge < -0.3 is 14.4 Å². The molecule has 1 aromatic heterocycles. The van der Waals surface area contributed by atoms with Crippen LogP contribution in [0.2, 0.25) is 0 Å². The number of aromatic nitrogens is 1. The number of aldehydes is 1. The molecule has 1 spiro atoms. The first-order valence-corrected chi connectivity index (χ1v) is 7.88. The fourth-order valence-corrected chi connectivity index (χ4v) is 3.48. The third-order valence-electron chi connectivity index (χ3n) is 4.69. The van der Waals surface area contributed by atoms with Gasteiger partial charge in [-0.1, -0.05) is 0 Å². The van der Waals surface area contributed by atoms with Crippen LogP contribution in [0.25, 0.3) is 10.9 Å². The number of piperidine rings is 1. The Balaban J connectivity index is 1.75. The van der Waals surface area contributed by atoms with Gasteiger partial charge >= 0.3 is 0 Å². The van der Waals surface area contributed by atoms with Crippen LogP contribution in [0.1, 0.15) is 23.2 Å². The number of hydrogen-bond acceptors (Lipinski definition) is 5. The SMILES string of the molecule is O=Cc1cnc2cc(F)c(F)cc2c1N1CCC2(CC1)OCCO2. The highest BCUT2D eigenvalue weighted by Crippen LogP contribution is 2.37. The van der Waals surface area contributed by atoms with Crippen molar-refractivity contribution in [3.63, 3.8) is 0 Å². The maximum atomic E-state index is 13.7. The van der Waals surface area contributed by atoms with Gasteiger partial charge in [0.2, 0.25) is 0 Å². The van der Waals surface area contributed by atoms with Crippen LogP contribution in [0.15, 0.2) is 18.3 Å². The molecular weight excluding hydrogens is 318 g/mol. The number of pyridine rings is 1. The normalized spacial score (nSPS) is 20.0. The van der Waals surface area contributed by atoms with E-state index in [0.29, 0.717) is 67.6 Å². The third-order valence-corrected chi connectivity index (χ3v) is 4.69. The number of rotatable bonds is 2. The molecule has 4 rings (SSSR count). The molecule has 2 fully saturated rings. The molecule has 0 saturated carbocycles. The molecule has 126 valence electrons. The highest BCUT2D eigenvalue weighted by atomic mass is 19.2. The molecule has 0 amide bonds. The van der Waals surface area contributed by atoms with Gasteiger partial charge in [-0.2, -0.15) is 0 Å². The number of anilines is 1. The van der Waals surface area contributed by atoms with Gasteiger partial charge in [0, 0.05) is 43.6 Å². The van der Waals surface area contributed by atoms with Gasteiger partial charge in [-0.05, 0) is 6.07 Å². The van der Waals surface area contributed by atoms with Crippen molar-refractivity contribution < 1.29 is 23.0 Å². The molecule has 3 heterocycles. The number of halogens is 2. The summed E-state index contributed by atoms with van der Waals surface area (Å²) >= 11 is 0. The van der Waals surface area contributed by atoms with Crippen LogP contribution in [0.5, 0.6) is 0 Å². The summed E-state index contributed by atoms with van der Waals surface area (Å²) in [6, 6.07) is 2.16. The molecule has 0 N–H and O–H groups in total. The van der Waals surface area contributed by atoms with E-state index < -0.39 is 17.4 Å². The topological polar surface area (TPSA) is 51.7 Å². The lowest BCUT2D eigenvalue weighted by molar-refractivity contribution is -0.169. The molecule has 24 heavy (non-hydrogen) atoms. The summed E-state index contributed by atoms with van der Waals surface area (Å²) < 4.78 is 38.6. The van der Waals surface area contributed by atoms with Crippen LogP contribution < -0.4 is 4.90 Å². The molecule has 2 aliphatic heterocycles. The Hall–Kier alpha value is -2.12. The van der Waals surface area contributed by atoms with E-state index in [0.717, 1.165) is 12.1 Å². The standard InChI is InChI=1S/C17H16F2N2O3/c18-13-7-12-15(8-14(13)19)20-9-11(10-22)16(12)21-3-1-17(2-4-21)23-5-6-24-17/h7-10H,1-6H2. The van der Waals surface area contributed by atoms with E-state index >= 15 is 0 Å². The molecule has 0 atom stereocenters. The summed E-state index contributed by atoms with van der Waals surface area (Å²) in [7, 11) is 0. The molecule has 0 bridgehead atoms. The maximum absolute atomic E-state index is 13.7. The monoisotopic (exact) mass is 334 g/mol. The molecule has 0 unspecified atom stereocenters. The minimum Gasteiger partial charge on any atom is -0.370 e. The van der Waals surface area contributed by atoms with Crippen molar-refractivity contribution in [2.24, 2.45) is 0 Å². The van der Waals surface area contributed by atoms with Crippen LogP contribution in [-0.2, 0) is 9.47 Å². The van der Waals surface area contributed by atoms with Gasteiger partial charge in [-0.15, -0.1) is 0 Å². The van der Waals surface area contributed by atoms with E-state index in [1.54, 1.807) is 0 Å². The molecule has 7 heteroatoms. The molecule has 0 radical (unpaired) electrons. The number of carbonyl (C=O) groups excluding carboxylic acids is 1. The predicted octanol–water partition coefficient (Wildman–Crippen LogP) is 2.67. The third kappa shape index (κ3) is 2.44. The minimum atomic E-state index is -0.954. The summed E-state index contributed by atoms with van der Waals surface area (Å²) in [5, 5.41) is 0.433. The molecule has 2 saturated heterocycles. The van der Waals surface area contributed by atoms with Gasteiger partial charge in [0.15, 0.2) is 23.7 Å². The van der Waals surface area contributed by atoms with Crippen LogP contribution in [-0.4, -0.2) is 43.4 Å². The predicted molar refractivity (Wildman–Crippen MR) is 83.1 cm³/mol. The summed E-state index contributed by atoms with van der Waals surface area (Å²) in [5.41, 5.74) is 1.27. The zero-order chi connectivity index (χ0) is 16.7. The largest absolute Gasteiger partial charge is 0.370 e. The van der Waals surface area contributed by atoms with E-state index in [9.17, 15) is 13.6 Å². The lowest BCUT2D eigenvalue weighted by Crippen LogP contribution is -2.45. The molecular formula is C17H16F2N2O3. The van der Waals surface area contributed by atoms with Gasteiger partial charge in [0.25, 0.3) is 0 Å². The van der Waals surface area contributed by atoms with Gasteiger partial charge in [-0.3, -0.25) is 9.78 Å². The van der Waals surface area contributed by atoms with E-state index in [2.05, 4.69) is 4.98 Å². The van der Waals surface area contributed by atoms with Crippen molar-refractivity contribution in [1.29, 1.82) is 0 Å². The fraction of sp³-hybridized carbons (Fsp3) is 0.412. The van der Waals surface area contributed by atoms with E-state index in [4.69, 9.17) is 9.47 Å². The van der Waals surface area contributed by atoms with E-state index in [1.807, 2.05) is 4.90 Å². The quantitative estimate of drug-likeness (QED) is 0.791.